The van der Waals surface area contributed by atoms with E-state index in [4.69, 9.17) is 15.3 Å². The number of rotatable bonds is 6. The molecule has 27 heavy (non-hydrogen) atoms. The van der Waals surface area contributed by atoms with Gasteiger partial charge < -0.3 is 20.1 Å². The third-order valence-electron chi connectivity index (χ3n) is 2.15. The summed E-state index contributed by atoms with van der Waals surface area (Å²) in [4.78, 5) is 10.2. The molecule has 0 rings (SSSR count). The van der Waals surface area contributed by atoms with Crippen molar-refractivity contribution in [3.8, 4) is 0 Å². The smallest absolute Gasteiger partial charge is 0.188 e. The van der Waals surface area contributed by atoms with E-state index in [0.717, 1.165) is 37.4 Å². The molecule has 0 aliphatic rings. The molecule has 6 heteroatoms. The summed E-state index contributed by atoms with van der Waals surface area (Å²) < 4.78 is 0. The van der Waals surface area contributed by atoms with Crippen LogP contribution in [0.4, 0.5) is 0 Å². The molecule has 0 saturated heterocycles. The average Bonchev–Trinajstić information content (AvgIpc) is 2.22. The Morgan fingerprint density at radius 1 is 0.519 bits per heavy atom. The summed E-state index contributed by atoms with van der Waals surface area (Å²) >= 11 is 0. The van der Waals surface area contributed by atoms with Crippen LogP contribution in [0.15, 0.2) is 0 Å². The van der Waals surface area contributed by atoms with Crippen molar-refractivity contribution < 1.29 is 46.3 Å². The van der Waals surface area contributed by atoms with Crippen molar-refractivity contribution in [3.05, 3.63) is 0 Å². The molecule has 0 aromatic rings. The Morgan fingerprint density at radius 2 is 0.630 bits per heavy atom. The topological polar surface area (TPSA) is 80.9 Å². The molecule has 0 radical (unpaired) electrons. The molecular weight excluding hydrogens is 436 g/mol. The molecular formula is C21H52O4SiZr. The fourth-order valence-corrected chi connectivity index (χ4v) is 5.31. The van der Waals surface area contributed by atoms with E-state index in [1.165, 1.54) is 0 Å². The maximum Gasteiger partial charge on any atom is 0.188 e. The summed E-state index contributed by atoms with van der Waals surface area (Å²) in [6.07, 6.45) is 3.47. The largest absolute Gasteiger partial charge is 0.432 e. The molecule has 4 nitrogen and oxygen atoms in total. The standard InChI is InChI=1S/C9H22OSi.3C4H10O.Zr/c1-4-7-11(10,8-5-2)9-6-3;3*1-4(2,3)5;/h10H,4-9H2,1-3H3;3*5H,1-3H3;. The summed E-state index contributed by atoms with van der Waals surface area (Å²) in [5.74, 6) is 0. The van der Waals surface area contributed by atoms with Gasteiger partial charge in [0.05, 0.1) is 16.8 Å². The summed E-state index contributed by atoms with van der Waals surface area (Å²) in [5, 5.41) is 25.6. The number of hydrogen-bond acceptors (Lipinski definition) is 4. The Morgan fingerprint density at radius 3 is 0.704 bits per heavy atom. The maximum absolute atomic E-state index is 10.2. The van der Waals surface area contributed by atoms with Crippen LogP contribution in [0.3, 0.4) is 0 Å². The van der Waals surface area contributed by atoms with Crippen molar-refractivity contribution in [2.75, 3.05) is 0 Å². The minimum absolute atomic E-state index is 0. The van der Waals surface area contributed by atoms with Crippen LogP contribution in [0.25, 0.3) is 0 Å². The normalized spacial score (nSPS) is 11.6. The van der Waals surface area contributed by atoms with Gasteiger partial charge in [0.2, 0.25) is 0 Å². The summed E-state index contributed by atoms with van der Waals surface area (Å²) in [6, 6.07) is 3.32. The van der Waals surface area contributed by atoms with E-state index in [-0.39, 0.29) is 26.2 Å². The van der Waals surface area contributed by atoms with Crippen molar-refractivity contribution in [3.63, 3.8) is 0 Å². The van der Waals surface area contributed by atoms with Gasteiger partial charge in [0.1, 0.15) is 0 Å². The first-order valence-electron chi connectivity index (χ1n) is 10.1. The molecule has 168 valence electrons. The molecule has 0 bridgehead atoms. The molecule has 0 unspecified atom stereocenters. The Labute approximate surface area is 191 Å². The van der Waals surface area contributed by atoms with Crippen molar-refractivity contribution in [1.82, 2.24) is 0 Å². The molecule has 4 N–H and O–H groups in total. The van der Waals surface area contributed by atoms with Crippen LogP contribution in [-0.4, -0.2) is 45.2 Å². The van der Waals surface area contributed by atoms with Gasteiger partial charge in [-0.15, -0.1) is 0 Å². The molecule has 0 aliphatic carbocycles. The zero-order valence-electron chi connectivity index (χ0n) is 20.5. The van der Waals surface area contributed by atoms with Gasteiger partial charge in [0.25, 0.3) is 0 Å². The zero-order valence-corrected chi connectivity index (χ0v) is 24.0. The van der Waals surface area contributed by atoms with Gasteiger partial charge >= 0.3 is 0 Å². The Hall–Kier alpha value is 0.940. The summed E-state index contributed by atoms with van der Waals surface area (Å²) in [6.45, 7) is 22.2. The number of hydrogen-bond donors (Lipinski definition) is 4. The van der Waals surface area contributed by atoms with E-state index >= 15 is 0 Å². The molecule has 0 atom stereocenters. The van der Waals surface area contributed by atoms with Crippen LogP contribution < -0.4 is 0 Å². The second-order valence-electron chi connectivity index (χ2n) is 9.99. The van der Waals surface area contributed by atoms with Crippen LogP contribution in [0.2, 0.25) is 18.1 Å². The molecule has 0 heterocycles. The Bertz CT molecular complexity index is 228. The van der Waals surface area contributed by atoms with Crippen LogP contribution in [0.5, 0.6) is 0 Å². The van der Waals surface area contributed by atoms with E-state index in [9.17, 15) is 4.80 Å². The first kappa shape index (κ1) is 38.5. The van der Waals surface area contributed by atoms with Crippen molar-refractivity contribution >= 4 is 8.32 Å². The van der Waals surface area contributed by atoms with Gasteiger partial charge in [-0.3, -0.25) is 0 Å². The molecule has 0 fully saturated rings. The second-order valence-corrected chi connectivity index (χ2v) is 13.9. The third kappa shape index (κ3) is 100. The van der Waals surface area contributed by atoms with Crippen molar-refractivity contribution in [2.45, 2.75) is 137 Å². The van der Waals surface area contributed by atoms with Crippen molar-refractivity contribution in [2.24, 2.45) is 0 Å². The second kappa shape index (κ2) is 18.9. The zero-order chi connectivity index (χ0) is 22.2. The maximum atomic E-state index is 10.2. The molecule has 0 aromatic heterocycles. The van der Waals surface area contributed by atoms with Crippen LogP contribution in [0.1, 0.15) is 102 Å². The van der Waals surface area contributed by atoms with Crippen LogP contribution >= 0.6 is 0 Å². The first-order valence-corrected chi connectivity index (χ1v) is 12.6. The monoisotopic (exact) mass is 486 g/mol. The van der Waals surface area contributed by atoms with E-state index in [0.29, 0.717) is 0 Å². The van der Waals surface area contributed by atoms with E-state index in [1.807, 2.05) is 0 Å². The van der Waals surface area contributed by atoms with Gasteiger partial charge in [-0.05, 0) is 80.4 Å². The molecule has 0 spiro atoms. The molecule has 0 aliphatic heterocycles. The summed E-state index contributed by atoms with van der Waals surface area (Å²) in [5.41, 5.74) is -1.50. The van der Waals surface area contributed by atoms with Gasteiger partial charge in [-0.1, -0.05) is 40.0 Å². The van der Waals surface area contributed by atoms with Gasteiger partial charge in [-0.2, -0.15) is 0 Å². The number of aliphatic hydroxyl groups is 3. The molecule has 0 amide bonds. The van der Waals surface area contributed by atoms with Crippen molar-refractivity contribution in [1.29, 1.82) is 0 Å². The minimum Gasteiger partial charge on any atom is -0.432 e. The fourth-order valence-electron chi connectivity index (χ4n) is 1.77. The fraction of sp³-hybridized carbons (Fsp3) is 1.00. The SMILES string of the molecule is CC(C)(C)O.CC(C)(C)O.CC(C)(C)O.CCC[Si](O)(CCC)CCC.[Zr]. The van der Waals surface area contributed by atoms with Gasteiger partial charge in [0, 0.05) is 26.2 Å². The average molecular weight is 488 g/mol. The summed E-state index contributed by atoms with van der Waals surface area (Å²) in [7, 11) is -1.75. The van der Waals surface area contributed by atoms with Gasteiger partial charge in [-0.25, -0.2) is 0 Å². The first-order chi connectivity index (χ1) is 11.2. The molecule has 0 aromatic carbocycles. The predicted octanol–water partition coefficient (Wildman–Crippen LogP) is 5.48. The van der Waals surface area contributed by atoms with Gasteiger partial charge in [0.15, 0.2) is 8.32 Å². The van der Waals surface area contributed by atoms with E-state index < -0.39 is 25.1 Å². The quantitative estimate of drug-likeness (QED) is 0.374. The van der Waals surface area contributed by atoms with E-state index in [1.54, 1.807) is 62.3 Å². The van der Waals surface area contributed by atoms with Crippen LogP contribution in [-0.2, 0) is 26.2 Å². The predicted molar refractivity (Wildman–Crippen MR) is 119 cm³/mol. The Kier molecular flexibility index (Phi) is 27.0. The third-order valence-corrected chi connectivity index (χ3v) is 6.44. The Balaban J connectivity index is -0.0000000858. The van der Waals surface area contributed by atoms with E-state index in [2.05, 4.69) is 20.8 Å². The van der Waals surface area contributed by atoms with Crippen LogP contribution in [0, 0.1) is 0 Å². The molecule has 0 saturated carbocycles. The minimum atomic E-state index is -1.75.